The van der Waals surface area contributed by atoms with E-state index in [0.717, 1.165) is 42.7 Å². The second-order valence-electron chi connectivity index (χ2n) is 8.16. The molecule has 31 heavy (non-hydrogen) atoms. The Morgan fingerprint density at radius 3 is 2.42 bits per heavy atom. The summed E-state index contributed by atoms with van der Waals surface area (Å²) in [4.78, 5) is 17.8. The van der Waals surface area contributed by atoms with Crippen LogP contribution in [0.25, 0.3) is 0 Å². The van der Waals surface area contributed by atoms with Gasteiger partial charge in [0.25, 0.3) is 5.91 Å². The number of aryl methyl sites for hydroxylation is 1. The molecule has 0 spiro atoms. The van der Waals surface area contributed by atoms with Crippen molar-refractivity contribution in [2.45, 2.75) is 32.4 Å². The van der Waals surface area contributed by atoms with Crippen molar-refractivity contribution in [2.75, 3.05) is 18.0 Å². The summed E-state index contributed by atoms with van der Waals surface area (Å²) in [5.74, 6) is 0.313. The smallest absolute Gasteiger partial charge is 0.258 e. The highest BCUT2D eigenvalue weighted by molar-refractivity contribution is 6.31. The number of carbonyl (C=O) groups is 1. The zero-order chi connectivity index (χ0) is 21.8. The van der Waals surface area contributed by atoms with Crippen LogP contribution in [0.3, 0.4) is 0 Å². The molecule has 1 N–H and O–H groups in total. The van der Waals surface area contributed by atoms with Gasteiger partial charge in [0.15, 0.2) is 0 Å². The highest BCUT2D eigenvalue weighted by Crippen LogP contribution is 2.28. The first-order chi connectivity index (χ1) is 15.0. The van der Waals surface area contributed by atoms with Crippen LogP contribution in [0.5, 0.6) is 5.75 Å². The monoisotopic (exact) mass is 434 g/mol. The van der Waals surface area contributed by atoms with E-state index in [2.05, 4.69) is 4.90 Å². The highest BCUT2D eigenvalue weighted by Gasteiger charge is 2.30. The maximum Gasteiger partial charge on any atom is 0.258 e. The molecule has 1 fully saturated rings. The standard InChI is InChI=1S/C26H27ClN2O2/c1-19-9-11-23(12-10-19)29(26(31)20-6-4-7-22(27)17-20)24-13-15-28(16-14-24)18-21-5-2-3-8-25(21)30/h2-12,17,24,30H,13-16,18H2,1H3. The first kappa shape index (κ1) is 21.4. The lowest BCUT2D eigenvalue weighted by Gasteiger charge is -2.38. The summed E-state index contributed by atoms with van der Waals surface area (Å²) in [6.45, 7) is 4.49. The van der Waals surface area contributed by atoms with Crippen molar-refractivity contribution in [3.8, 4) is 5.75 Å². The summed E-state index contributed by atoms with van der Waals surface area (Å²) in [6, 6.07) is 22.9. The Labute approximate surface area is 188 Å². The van der Waals surface area contributed by atoms with E-state index in [1.165, 1.54) is 0 Å². The van der Waals surface area contributed by atoms with Gasteiger partial charge in [-0.1, -0.05) is 53.6 Å². The maximum absolute atomic E-state index is 13.5. The number of phenols is 1. The van der Waals surface area contributed by atoms with Crippen molar-refractivity contribution in [1.29, 1.82) is 0 Å². The lowest BCUT2D eigenvalue weighted by molar-refractivity contribution is 0.0958. The number of halogens is 1. The van der Waals surface area contributed by atoms with Crippen LogP contribution in [-0.2, 0) is 6.54 Å². The Bertz CT molecular complexity index is 1040. The first-order valence-electron chi connectivity index (χ1n) is 10.7. The molecule has 0 atom stereocenters. The van der Waals surface area contributed by atoms with Gasteiger partial charge in [-0.25, -0.2) is 0 Å². The molecule has 3 aromatic carbocycles. The Hall–Kier alpha value is -2.82. The topological polar surface area (TPSA) is 43.8 Å². The number of benzene rings is 3. The Morgan fingerprint density at radius 1 is 1.03 bits per heavy atom. The van der Waals surface area contributed by atoms with Gasteiger partial charge >= 0.3 is 0 Å². The van der Waals surface area contributed by atoms with Crippen LogP contribution in [0.15, 0.2) is 72.8 Å². The number of para-hydroxylation sites is 1. The number of phenolic OH excluding ortho intramolecular Hbond substituents is 1. The first-order valence-corrected chi connectivity index (χ1v) is 11.0. The lowest BCUT2D eigenvalue weighted by Crippen LogP contribution is -2.47. The van der Waals surface area contributed by atoms with E-state index in [1.807, 2.05) is 66.4 Å². The average Bonchev–Trinajstić information content (AvgIpc) is 2.78. The van der Waals surface area contributed by atoms with E-state index in [0.29, 0.717) is 22.9 Å². The predicted octanol–water partition coefficient (Wildman–Crippen LogP) is 5.67. The van der Waals surface area contributed by atoms with Crippen LogP contribution >= 0.6 is 11.6 Å². The van der Waals surface area contributed by atoms with Crippen molar-refractivity contribution in [1.82, 2.24) is 4.90 Å². The second kappa shape index (κ2) is 9.54. The van der Waals surface area contributed by atoms with Crippen molar-refractivity contribution < 1.29 is 9.90 Å². The van der Waals surface area contributed by atoms with Crippen molar-refractivity contribution in [3.63, 3.8) is 0 Å². The fraction of sp³-hybridized carbons (Fsp3) is 0.269. The summed E-state index contributed by atoms with van der Waals surface area (Å²) in [5.41, 5.74) is 3.61. The maximum atomic E-state index is 13.5. The molecule has 160 valence electrons. The van der Waals surface area contributed by atoms with Gasteiger partial charge in [0, 0.05) is 47.5 Å². The molecular formula is C26H27ClN2O2. The van der Waals surface area contributed by atoms with Crippen LogP contribution in [0.2, 0.25) is 5.02 Å². The molecule has 1 saturated heterocycles. The largest absolute Gasteiger partial charge is 0.508 e. The van der Waals surface area contributed by atoms with E-state index in [1.54, 1.807) is 18.2 Å². The summed E-state index contributed by atoms with van der Waals surface area (Å²) in [7, 11) is 0. The van der Waals surface area contributed by atoms with Gasteiger partial charge in [0.1, 0.15) is 5.75 Å². The third-order valence-corrected chi connectivity index (χ3v) is 6.15. The van der Waals surface area contributed by atoms with Gasteiger partial charge in [0.05, 0.1) is 0 Å². The molecular weight excluding hydrogens is 408 g/mol. The molecule has 5 heteroatoms. The average molecular weight is 435 g/mol. The minimum atomic E-state index is -0.0227. The number of likely N-dealkylation sites (tertiary alicyclic amines) is 1. The minimum absolute atomic E-state index is 0.0227. The van der Waals surface area contributed by atoms with Crippen LogP contribution in [0, 0.1) is 6.92 Å². The number of rotatable bonds is 5. The van der Waals surface area contributed by atoms with Gasteiger partial charge in [-0.3, -0.25) is 9.69 Å². The number of amides is 1. The number of nitrogens with zero attached hydrogens (tertiary/aromatic N) is 2. The molecule has 0 aromatic heterocycles. The number of aromatic hydroxyl groups is 1. The van der Waals surface area contributed by atoms with Crippen molar-refractivity contribution in [2.24, 2.45) is 0 Å². The molecule has 4 nitrogen and oxygen atoms in total. The zero-order valence-corrected chi connectivity index (χ0v) is 18.4. The quantitative estimate of drug-likeness (QED) is 0.563. The number of piperidine rings is 1. The number of hydrogen-bond donors (Lipinski definition) is 1. The van der Waals surface area contributed by atoms with E-state index in [4.69, 9.17) is 11.6 Å². The fourth-order valence-corrected chi connectivity index (χ4v) is 4.37. The van der Waals surface area contributed by atoms with Gasteiger partial charge in [0.2, 0.25) is 0 Å². The SMILES string of the molecule is Cc1ccc(N(C(=O)c2cccc(Cl)c2)C2CCN(Cc3ccccc3O)CC2)cc1. The Balaban J connectivity index is 1.53. The summed E-state index contributed by atoms with van der Waals surface area (Å²) >= 11 is 6.16. The lowest BCUT2D eigenvalue weighted by atomic mass is 9.99. The molecule has 0 saturated carbocycles. The molecule has 0 radical (unpaired) electrons. The van der Waals surface area contributed by atoms with Gasteiger partial charge in [-0.15, -0.1) is 0 Å². The van der Waals surface area contributed by atoms with Gasteiger partial charge in [-0.05, 0) is 56.2 Å². The van der Waals surface area contributed by atoms with Crippen LogP contribution in [0.1, 0.15) is 34.3 Å². The van der Waals surface area contributed by atoms with Gasteiger partial charge in [-0.2, -0.15) is 0 Å². The minimum Gasteiger partial charge on any atom is -0.508 e. The molecule has 1 heterocycles. The van der Waals surface area contributed by atoms with E-state index < -0.39 is 0 Å². The van der Waals surface area contributed by atoms with E-state index in [-0.39, 0.29) is 11.9 Å². The fourth-order valence-electron chi connectivity index (χ4n) is 4.18. The molecule has 1 aliphatic rings. The summed E-state index contributed by atoms with van der Waals surface area (Å²) in [5, 5.41) is 10.6. The van der Waals surface area contributed by atoms with Crippen LogP contribution in [0.4, 0.5) is 5.69 Å². The Morgan fingerprint density at radius 2 is 1.74 bits per heavy atom. The third kappa shape index (κ3) is 5.09. The molecule has 4 rings (SSSR count). The normalized spacial score (nSPS) is 15.0. The number of carbonyl (C=O) groups excluding carboxylic acids is 1. The summed E-state index contributed by atoms with van der Waals surface area (Å²) < 4.78 is 0. The van der Waals surface area contributed by atoms with E-state index in [9.17, 15) is 9.90 Å². The van der Waals surface area contributed by atoms with Gasteiger partial charge < -0.3 is 10.0 Å². The number of hydrogen-bond acceptors (Lipinski definition) is 3. The highest BCUT2D eigenvalue weighted by atomic mass is 35.5. The molecule has 0 unspecified atom stereocenters. The molecule has 0 aliphatic carbocycles. The Kier molecular flexibility index (Phi) is 6.59. The molecule has 3 aromatic rings. The van der Waals surface area contributed by atoms with Crippen LogP contribution in [-0.4, -0.2) is 35.0 Å². The van der Waals surface area contributed by atoms with Crippen molar-refractivity contribution >= 4 is 23.2 Å². The zero-order valence-electron chi connectivity index (χ0n) is 17.7. The second-order valence-corrected chi connectivity index (χ2v) is 8.59. The predicted molar refractivity (Wildman–Crippen MR) is 126 cm³/mol. The van der Waals surface area contributed by atoms with Crippen molar-refractivity contribution in [3.05, 3.63) is 94.5 Å². The molecule has 1 amide bonds. The van der Waals surface area contributed by atoms with E-state index >= 15 is 0 Å². The molecule has 0 bridgehead atoms. The third-order valence-electron chi connectivity index (χ3n) is 5.91. The molecule has 1 aliphatic heterocycles. The summed E-state index contributed by atoms with van der Waals surface area (Å²) in [6.07, 6.45) is 1.74. The van der Waals surface area contributed by atoms with Crippen LogP contribution < -0.4 is 4.90 Å². The number of anilines is 1.